The van der Waals surface area contributed by atoms with Gasteiger partial charge < -0.3 is 79.5 Å². The van der Waals surface area contributed by atoms with Crippen LogP contribution >= 0.6 is 0 Å². The predicted octanol–water partition coefficient (Wildman–Crippen LogP) is -2.16. The summed E-state index contributed by atoms with van der Waals surface area (Å²) < 4.78 is 33.6. The van der Waals surface area contributed by atoms with Gasteiger partial charge in [-0.2, -0.15) is 0 Å². The molecule has 11 unspecified atom stereocenters. The van der Waals surface area contributed by atoms with Crippen LogP contribution in [0.25, 0.3) is 0 Å². The van der Waals surface area contributed by atoms with Gasteiger partial charge in [0.25, 0.3) is 0 Å². The van der Waals surface area contributed by atoms with Crippen LogP contribution in [0.5, 0.6) is 34.5 Å². The largest absolute Gasteiger partial charge is 0.504 e. The van der Waals surface area contributed by atoms with Crippen LogP contribution in [0.2, 0.25) is 0 Å². The molecule has 0 aromatic heterocycles. The average Bonchev–Trinajstić information content (AvgIpc) is 2.98. The fourth-order valence-corrected chi connectivity index (χ4v) is 5.33. The van der Waals surface area contributed by atoms with Crippen molar-refractivity contribution < 1.29 is 79.5 Å². The quantitative estimate of drug-likeness (QED) is 0.149. The van der Waals surface area contributed by atoms with Crippen LogP contribution in [0.3, 0.4) is 0 Å². The van der Waals surface area contributed by atoms with Crippen LogP contribution in [0.15, 0.2) is 24.3 Å². The van der Waals surface area contributed by atoms with Crippen LogP contribution in [-0.2, 0) is 25.4 Å². The minimum atomic E-state index is -1.75. The minimum Gasteiger partial charge on any atom is -0.504 e. The lowest BCUT2D eigenvalue weighted by molar-refractivity contribution is -0.347. The molecule has 5 rings (SSSR count). The van der Waals surface area contributed by atoms with Crippen LogP contribution in [0, 0.1) is 0 Å². The number of hydrogen-bond acceptors (Lipinski definition) is 16. The number of rotatable bonds is 7. The molecule has 11 atom stereocenters. The first-order chi connectivity index (χ1) is 20.4. The molecule has 43 heavy (non-hydrogen) atoms. The van der Waals surface area contributed by atoms with Gasteiger partial charge in [0.1, 0.15) is 54.6 Å². The maximum Gasteiger partial charge on any atom is 0.203 e. The Kier molecular flexibility index (Phi) is 9.05. The molecule has 2 aromatic rings. The fraction of sp³-hybridized carbons (Fsp3) is 0.556. The molecule has 0 aliphatic carbocycles. The summed E-state index contributed by atoms with van der Waals surface area (Å²) in [5, 5.41) is 102. The maximum atomic E-state index is 10.9. The summed E-state index contributed by atoms with van der Waals surface area (Å²) in [6.07, 6.45) is -16.3. The van der Waals surface area contributed by atoms with Gasteiger partial charge in [-0.1, -0.05) is 6.07 Å². The highest BCUT2D eigenvalue weighted by atomic mass is 16.7. The molecule has 2 fully saturated rings. The molecule has 0 spiro atoms. The van der Waals surface area contributed by atoms with E-state index in [0.29, 0.717) is 5.56 Å². The van der Waals surface area contributed by atoms with E-state index < -0.39 is 104 Å². The normalized spacial score (nSPS) is 36.0. The fourth-order valence-electron chi connectivity index (χ4n) is 5.33. The number of aliphatic hydroxyl groups is 6. The molecule has 0 radical (unpaired) electrons. The number of methoxy groups -OCH3 is 1. The topological polar surface area (TPSA) is 258 Å². The number of aromatic hydroxyl groups is 4. The van der Waals surface area contributed by atoms with Crippen molar-refractivity contribution in [3.8, 4) is 34.5 Å². The molecule has 0 saturated carbocycles. The highest BCUT2D eigenvalue weighted by Gasteiger charge is 2.49. The van der Waals surface area contributed by atoms with Crippen LogP contribution < -0.4 is 9.47 Å². The molecule has 2 aromatic carbocycles. The number of fused-ring (bicyclic) bond motifs is 1. The predicted molar refractivity (Wildman–Crippen MR) is 138 cm³/mol. The van der Waals surface area contributed by atoms with Crippen molar-refractivity contribution >= 4 is 0 Å². The van der Waals surface area contributed by atoms with Gasteiger partial charge in [0.2, 0.25) is 5.75 Å². The van der Waals surface area contributed by atoms with E-state index in [1.54, 1.807) is 0 Å². The SMILES string of the molecule is COc1c(O)cc2c(c1O)CC(OC1OCC(OC3OC(CO)C(O)C(O)C3O)C(O)C1O)C(c1ccc(O)c(O)c1)O2. The maximum absolute atomic E-state index is 10.9. The Morgan fingerprint density at radius 3 is 2.16 bits per heavy atom. The second-order valence-corrected chi connectivity index (χ2v) is 10.5. The van der Waals surface area contributed by atoms with Gasteiger partial charge >= 0.3 is 0 Å². The Balaban J connectivity index is 1.35. The molecule has 3 heterocycles. The van der Waals surface area contributed by atoms with E-state index in [4.69, 9.17) is 28.4 Å². The number of aliphatic hydroxyl groups excluding tert-OH is 6. The molecule has 16 heteroatoms. The number of hydrogen-bond donors (Lipinski definition) is 10. The molecular weight excluding hydrogens is 580 g/mol. The van der Waals surface area contributed by atoms with Crippen molar-refractivity contribution in [2.24, 2.45) is 0 Å². The highest BCUT2D eigenvalue weighted by Crippen LogP contribution is 2.49. The van der Waals surface area contributed by atoms with Gasteiger partial charge in [-0.3, -0.25) is 0 Å². The second-order valence-electron chi connectivity index (χ2n) is 10.5. The molecule has 16 nitrogen and oxygen atoms in total. The monoisotopic (exact) mass is 614 g/mol. The van der Waals surface area contributed by atoms with Gasteiger partial charge in [-0.25, -0.2) is 0 Å². The molecule has 238 valence electrons. The Morgan fingerprint density at radius 1 is 0.791 bits per heavy atom. The number of benzene rings is 2. The Morgan fingerprint density at radius 2 is 1.49 bits per heavy atom. The van der Waals surface area contributed by atoms with Gasteiger partial charge in [0.15, 0.2) is 41.7 Å². The number of phenolic OH excluding ortho intramolecular Hbond substituents is 4. The summed E-state index contributed by atoms with van der Waals surface area (Å²) in [7, 11) is 1.25. The van der Waals surface area contributed by atoms with E-state index in [-0.39, 0.29) is 23.5 Å². The van der Waals surface area contributed by atoms with E-state index in [0.717, 1.165) is 0 Å². The molecule has 2 saturated heterocycles. The van der Waals surface area contributed by atoms with E-state index >= 15 is 0 Å². The van der Waals surface area contributed by atoms with Crippen molar-refractivity contribution in [3.63, 3.8) is 0 Å². The van der Waals surface area contributed by atoms with Crippen LogP contribution in [-0.4, -0.2) is 133 Å². The van der Waals surface area contributed by atoms with E-state index in [1.165, 1.54) is 31.4 Å². The van der Waals surface area contributed by atoms with E-state index in [9.17, 15) is 51.1 Å². The first-order valence-corrected chi connectivity index (χ1v) is 13.3. The molecular formula is C27H34O16. The molecule has 3 aliphatic heterocycles. The molecule has 10 N–H and O–H groups in total. The lowest BCUT2D eigenvalue weighted by Gasteiger charge is -2.44. The van der Waals surface area contributed by atoms with Gasteiger partial charge in [0.05, 0.1) is 20.3 Å². The lowest BCUT2D eigenvalue weighted by Crippen LogP contribution is -2.62. The Hall–Kier alpha value is -3.16. The summed E-state index contributed by atoms with van der Waals surface area (Å²) in [4.78, 5) is 0. The van der Waals surface area contributed by atoms with Gasteiger partial charge in [-0.15, -0.1) is 0 Å². The Bertz CT molecular complexity index is 1290. The second kappa shape index (κ2) is 12.4. The molecule has 0 bridgehead atoms. The summed E-state index contributed by atoms with van der Waals surface area (Å²) in [6.45, 7) is -1.10. The van der Waals surface area contributed by atoms with Crippen LogP contribution in [0.4, 0.5) is 0 Å². The minimum absolute atomic E-state index is 0.0753. The highest BCUT2D eigenvalue weighted by molar-refractivity contribution is 5.61. The van der Waals surface area contributed by atoms with Gasteiger partial charge in [0, 0.05) is 18.1 Å². The third kappa shape index (κ3) is 5.86. The zero-order valence-corrected chi connectivity index (χ0v) is 22.7. The van der Waals surface area contributed by atoms with Crippen molar-refractivity contribution in [2.75, 3.05) is 20.3 Å². The lowest BCUT2D eigenvalue weighted by atomic mass is 9.93. The van der Waals surface area contributed by atoms with Crippen molar-refractivity contribution in [2.45, 2.75) is 73.9 Å². The summed E-state index contributed by atoms with van der Waals surface area (Å²) in [6, 6.07) is 5.12. The third-order valence-electron chi connectivity index (χ3n) is 7.73. The van der Waals surface area contributed by atoms with Crippen molar-refractivity contribution in [1.29, 1.82) is 0 Å². The van der Waals surface area contributed by atoms with Crippen molar-refractivity contribution in [3.05, 3.63) is 35.4 Å². The summed E-state index contributed by atoms with van der Waals surface area (Å²) in [5.74, 6) is -1.80. The number of ether oxygens (including phenoxy) is 6. The summed E-state index contributed by atoms with van der Waals surface area (Å²) in [5.41, 5.74) is 0.504. The van der Waals surface area contributed by atoms with E-state index in [1.807, 2.05) is 0 Å². The van der Waals surface area contributed by atoms with E-state index in [2.05, 4.69) is 0 Å². The third-order valence-corrected chi connectivity index (χ3v) is 7.73. The Labute approximate surface area is 244 Å². The zero-order chi connectivity index (χ0) is 31.2. The standard InChI is InChI=1S/C27H34O16/c1-38-25-13(31)6-14-10(18(25)32)5-15(24(40-14)9-2-3-11(29)12(30)4-9)41-26-22(36)20(34)17(8-39-26)43-27-23(37)21(35)19(33)16(7-28)42-27/h2-4,6,15-17,19-24,26-37H,5,7-8H2,1H3. The van der Waals surface area contributed by atoms with Crippen molar-refractivity contribution in [1.82, 2.24) is 0 Å². The zero-order valence-electron chi connectivity index (χ0n) is 22.7. The smallest absolute Gasteiger partial charge is 0.203 e. The molecule has 3 aliphatic rings. The number of phenols is 4. The average molecular weight is 615 g/mol. The van der Waals surface area contributed by atoms with Gasteiger partial charge in [-0.05, 0) is 17.7 Å². The van der Waals surface area contributed by atoms with Crippen LogP contribution in [0.1, 0.15) is 17.2 Å². The summed E-state index contributed by atoms with van der Waals surface area (Å²) >= 11 is 0. The first kappa shape index (κ1) is 31.3. The molecule has 0 amide bonds. The first-order valence-electron chi connectivity index (χ1n) is 13.3.